The molecule has 1 saturated heterocycles. The number of amides is 2. The van der Waals surface area contributed by atoms with Crippen LogP contribution in [-0.2, 0) is 9.59 Å². The number of nitrogens with zero attached hydrogens (tertiary/aromatic N) is 1. The Labute approximate surface area is 121 Å². The van der Waals surface area contributed by atoms with E-state index in [2.05, 4.69) is 12.2 Å². The summed E-state index contributed by atoms with van der Waals surface area (Å²) in [5, 5.41) is 0. The molecule has 4 heteroatoms. The van der Waals surface area contributed by atoms with E-state index in [1.807, 2.05) is 0 Å². The number of benzene rings is 1. The summed E-state index contributed by atoms with van der Waals surface area (Å²) in [6.45, 7) is 0. The van der Waals surface area contributed by atoms with Gasteiger partial charge in [-0.2, -0.15) is 0 Å². The van der Waals surface area contributed by atoms with Crippen LogP contribution in [0.25, 0.3) is 0 Å². The summed E-state index contributed by atoms with van der Waals surface area (Å²) < 4.78 is 13.0. The van der Waals surface area contributed by atoms with Gasteiger partial charge in [-0.05, 0) is 54.4 Å². The van der Waals surface area contributed by atoms with Crippen molar-refractivity contribution in [2.45, 2.75) is 12.8 Å². The van der Waals surface area contributed by atoms with Gasteiger partial charge in [0.05, 0.1) is 17.5 Å². The second kappa shape index (κ2) is 3.43. The zero-order valence-electron chi connectivity index (χ0n) is 11.3. The molecule has 0 radical (unpaired) electrons. The van der Waals surface area contributed by atoms with Gasteiger partial charge in [0.1, 0.15) is 5.82 Å². The molecule has 1 aliphatic heterocycles. The highest BCUT2D eigenvalue weighted by Gasteiger charge is 2.73. The summed E-state index contributed by atoms with van der Waals surface area (Å²) in [6, 6.07) is 5.60. The molecule has 4 atom stereocenters. The Hall–Kier alpha value is -1.97. The third kappa shape index (κ3) is 1.20. The lowest BCUT2D eigenvalue weighted by molar-refractivity contribution is -0.123. The standard InChI is InChI=1S/C17H14FNO2/c18-9-1-3-10(4-2-9)19-15(20)13-11-5-6-12(14(13)16(19)21)17(11)7-8-17/h1-6,11-14H,7-8H2/t11-,12-,13-,14-/m1/s1. The van der Waals surface area contributed by atoms with Gasteiger partial charge >= 0.3 is 0 Å². The first-order chi connectivity index (χ1) is 10.1. The van der Waals surface area contributed by atoms with Crippen LogP contribution in [0.3, 0.4) is 0 Å². The lowest BCUT2D eigenvalue weighted by Crippen LogP contribution is -2.34. The Kier molecular flexibility index (Phi) is 1.91. The Balaban J connectivity index is 1.57. The average Bonchev–Trinajstić information content (AvgIpc) is 3.07. The molecule has 0 aromatic heterocycles. The molecular formula is C17H14FNO2. The van der Waals surface area contributed by atoms with Gasteiger partial charge < -0.3 is 0 Å². The predicted octanol–water partition coefficient (Wildman–Crippen LogP) is 2.53. The summed E-state index contributed by atoms with van der Waals surface area (Å²) >= 11 is 0. The van der Waals surface area contributed by atoms with E-state index >= 15 is 0 Å². The maximum Gasteiger partial charge on any atom is 0.238 e. The third-order valence-corrected chi connectivity index (χ3v) is 5.94. The normalized spacial score (nSPS) is 37.7. The van der Waals surface area contributed by atoms with Gasteiger partial charge in [-0.3, -0.25) is 14.5 Å². The van der Waals surface area contributed by atoms with Gasteiger partial charge in [-0.25, -0.2) is 4.39 Å². The molecule has 1 spiro atoms. The van der Waals surface area contributed by atoms with E-state index in [9.17, 15) is 14.0 Å². The van der Waals surface area contributed by atoms with Gasteiger partial charge in [-0.15, -0.1) is 0 Å². The molecular weight excluding hydrogens is 269 g/mol. The van der Waals surface area contributed by atoms with Crippen molar-refractivity contribution >= 4 is 17.5 Å². The van der Waals surface area contributed by atoms with Gasteiger partial charge in [0.2, 0.25) is 11.8 Å². The monoisotopic (exact) mass is 283 g/mol. The van der Waals surface area contributed by atoms with Crippen molar-refractivity contribution in [1.82, 2.24) is 0 Å². The molecule has 3 aliphatic carbocycles. The van der Waals surface area contributed by atoms with Crippen molar-refractivity contribution in [3.63, 3.8) is 0 Å². The molecule has 21 heavy (non-hydrogen) atoms. The van der Waals surface area contributed by atoms with Gasteiger partial charge in [0.25, 0.3) is 0 Å². The fraction of sp³-hybridized carbons (Fsp3) is 0.412. The Morgan fingerprint density at radius 3 is 1.95 bits per heavy atom. The summed E-state index contributed by atoms with van der Waals surface area (Å²) in [5.41, 5.74) is 0.709. The summed E-state index contributed by atoms with van der Waals surface area (Å²) in [6.07, 6.45) is 6.58. The van der Waals surface area contributed by atoms with E-state index < -0.39 is 0 Å². The molecule has 4 aliphatic rings. The highest BCUT2D eigenvalue weighted by Crippen LogP contribution is 2.73. The summed E-state index contributed by atoms with van der Waals surface area (Å²) in [4.78, 5) is 26.8. The Bertz CT molecular complexity index is 670. The molecule has 1 aromatic rings. The summed E-state index contributed by atoms with van der Waals surface area (Å²) in [7, 11) is 0. The van der Waals surface area contributed by atoms with Gasteiger partial charge in [-0.1, -0.05) is 12.2 Å². The second-order valence-corrected chi connectivity index (χ2v) is 6.71. The number of anilines is 1. The topological polar surface area (TPSA) is 37.4 Å². The smallest absolute Gasteiger partial charge is 0.238 e. The number of carbonyl (C=O) groups is 2. The fourth-order valence-electron chi connectivity index (χ4n) is 4.92. The first-order valence-corrected chi connectivity index (χ1v) is 7.45. The number of rotatable bonds is 1. The van der Waals surface area contributed by atoms with Crippen LogP contribution in [0.15, 0.2) is 36.4 Å². The zero-order valence-corrected chi connectivity index (χ0v) is 11.3. The lowest BCUT2D eigenvalue weighted by Gasteiger charge is -2.21. The largest absolute Gasteiger partial charge is 0.274 e. The van der Waals surface area contributed by atoms with Crippen molar-refractivity contribution in [3.05, 3.63) is 42.2 Å². The molecule has 3 fully saturated rings. The molecule has 1 heterocycles. The van der Waals surface area contributed by atoms with Crippen LogP contribution in [0.1, 0.15) is 12.8 Å². The number of imide groups is 1. The number of allylic oxidation sites excluding steroid dienone is 2. The lowest BCUT2D eigenvalue weighted by atomic mass is 9.85. The first-order valence-electron chi connectivity index (χ1n) is 7.45. The molecule has 3 nitrogen and oxygen atoms in total. The number of fused-ring (bicyclic) bond motifs is 3. The molecule has 2 amide bonds. The first kappa shape index (κ1) is 11.7. The van der Waals surface area contributed by atoms with Crippen LogP contribution < -0.4 is 4.90 Å². The van der Waals surface area contributed by atoms with Crippen LogP contribution in [-0.4, -0.2) is 11.8 Å². The van der Waals surface area contributed by atoms with Crippen molar-refractivity contribution in [1.29, 1.82) is 0 Å². The number of hydrogen-bond acceptors (Lipinski definition) is 2. The van der Waals surface area contributed by atoms with Crippen LogP contribution in [0.4, 0.5) is 10.1 Å². The van der Waals surface area contributed by atoms with E-state index in [1.54, 1.807) is 0 Å². The molecule has 0 unspecified atom stereocenters. The minimum absolute atomic E-state index is 0.0975. The quantitative estimate of drug-likeness (QED) is 0.586. The van der Waals surface area contributed by atoms with E-state index in [4.69, 9.17) is 0 Å². The van der Waals surface area contributed by atoms with Crippen LogP contribution in [0.5, 0.6) is 0 Å². The molecule has 106 valence electrons. The molecule has 1 aromatic carbocycles. The molecule has 0 N–H and O–H groups in total. The van der Waals surface area contributed by atoms with Gasteiger partial charge in [0, 0.05) is 0 Å². The van der Waals surface area contributed by atoms with Crippen molar-refractivity contribution in [3.8, 4) is 0 Å². The van der Waals surface area contributed by atoms with Crippen molar-refractivity contribution in [2.75, 3.05) is 4.90 Å². The van der Waals surface area contributed by atoms with Crippen molar-refractivity contribution < 1.29 is 14.0 Å². The van der Waals surface area contributed by atoms with Gasteiger partial charge in [0.15, 0.2) is 0 Å². The minimum Gasteiger partial charge on any atom is -0.274 e. The SMILES string of the molecule is O=C1[C@H]2[C@H](C(=O)N1c1ccc(F)cc1)[C@H]1C=C[C@H]2C12CC2. The maximum atomic E-state index is 13.0. The molecule has 5 rings (SSSR count). The molecule has 2 saturated carbocycles. The van der Waals surface area contributed by atoms with E-state index in [0.29, 0.717) is 5.69 Å². The van der Waals surface area contributed by atoms with Crippen LogP contribution >= 0.6 is 0 Å². The predicted molar refractivity (Wildman–Crippen MR) is 73.7 cm³/mol. The van der Waals surface area contributed by atoms with E-state index in [1.165, 1.54) is 29.2 Å². The highest BCUT2D eigenvalue weighted by molar-refractivity contribution is 6.23. The summed E-state index contributed by atoms with van der Waals surface area (Å²) in [5.74, 6) is -0.486. The van der Waals surface area contributed by atoms with Crippen LogP contribution in [0.2, 0.25) is 0 Å². The maximum absolute atomic E-state index is 13.0. The van der Waals surface area contributed by atoms with E-state index in [-0.39, 0.29) is 46.7 Å². The van der Waals surface area contributed by atoms with E-state index in [0.717, 1.165) is 12.8 Å². The minimum atomic E-state index is -0.364. The Morgan fingerprint density at radius 1 is 0.952 bits per heavy atom. The number of halogens is 1. The van der Waals surface area contributed by atoms with Crippen molar-refractivity contribution in [2.24, 2.45) is 29.1 Å². The average molecular weight is 283 g/mol. The highest BCUT2D eigenvalue weighted by atomic mass is 19.1. The number of hydrogen-bond donors (Lipinski definition) is 0. The molecule has 2 bridgehead atoms. The fourth-order valence-corrected chi connectivity index (χ4v) is 4.92. The zero-order chi connectivity index (χ0) is 14.4. The second-order valence-electron chi connectivity index (χ2n) is 6.71. The Morgan fingerprint density at radius 2 is 1.48 bits per heavy atom. The van der Waals surface area contributed by atoms with Crippen LogP contribution in [0, 0.1) is 34.9 Å². The number of carbonyl (C=O) groups excluding carboxylic acids is 2. The third-order valence-electron chi connectivity index (χ3n) is 5.94.